The maximum absolute atomic E-state index is 12.3. The molecule has 0 spiro atoms. The molecule has 0 aliphatic heterocycles. The number of aromatic nitrogens is 3. The quantitative estimate of drug-likeness (QED) is 0.735. The molecular weight excluding hydrogens is 348 g/mol. The van der Waals surface area contributed by atoms with Gasteiger partial charge in [0.05, 0.1) is 5.52 Å². The van der Waals surface area contributed by atoms with Gasteiger partial charge in [-0.2, -0.15) is 0 Å². The monoisotopic (exact) mass is 380 g/mol. The third-order valence-electron chi connectivity index (χ3n) is 6.82. The molecule has 1 saturated carbocycles. The third kappa shape index (κ3) is 3.98. The number of hydrogen-bond acceptors (Lipinski definition) is 3. The minimum Gasteiger partial charge on any atom is -0.355 e. The van der Waals surface area contributed by atoms with Gasteiger partial charge in [-0.25, -0.2) is 9.97 Å². The molecule has 2 aliphatic rings. The van der Waals surface area contributed by atoms with Crippen molar-refractivity contribution in [2.45, 2.75) is 52.9 Å². The Hall–Kier alpha value is -2.17. The Morgan fingerprint density at radius 1 is 1.36 bits per heavy atom. The summed E-state index contributed by atoms with van der Waals surface area (Å²) in [4.78, 5) is 24.7. The van der Waals surface area contributed by atoms with E-state index in [0.29, 0.717) is 23.7 Å². The fourth-order valence-corrected chi connectivity index (χ4v) is 4.77. The van der Waals surface area contributed by atoms with E-state index >= 15 is 0 Å². The molecular formula is C23H32N4O. The van der Waals surface area contributed by atoms with Crippen molar-refractivity contribution < 1.29 is 4.79 Å². The van der Waals surface area contributed by atoms with Crippen molar-refractivity contribution in [1.82, 2.24) is 20.3 Å². The molecule has 3 atom stereocenters. The second-order valence-electron chi connectivity index (χ2n) is 9.05. The van der Waals surface area contributed by atoms with E-state index in [1.807, 2.05) is 12.1 Å². The average Bonchev–Trinajstić information content (AvgIpc) is 3.02. The van der Waals surface area contributed by atoms with E-state index in [1.165, 1.54) is 12.0 Å². The number of rotatable bonds is 6. The number of amides is 1. The Balaban J connectivity index is 1.45. The van der Waals surface area contributed by atoms with Crippen LogP contribution in [0, 0.1) is 29.6 Å². The number of nitrogens with zero attached hydrogens (tertiary/aromatic N) is 2. The zero-order valence-electron chi connectivity index (χ0n) is 17.2. The molecule has 2 aromatic heterocycles. The Bertz CT molecular complexity index is 831. The number of H-pyrrole nitrogens is 1. The van der Waals surface area contributed by atoms with Crippen molar-refractivity contribution in [3.8, 4) is 0 Å². The number of carbonyl (C=O) groups excluding carboxylic acids is 1. The fourth-order valence-electron chi connectivity index (χ4n) is 4.77. The molecule has 2 aliphatic carbocycles. The second kappa shape index (κ2) is 8.06. The van der Waals surface area contributed by atoms with Crippen LogP contribution in [0.15, 0.2) is 30.0 Å². The minimum atomic E-state index is 0.261. The molecule has 2 N–H and O–H groups in total. The van der Waals surface area contributed by atoms with E-state index < -0.39 is 0 Å². The van der Waals surface area contributed by atoms with Crippen molar-refractivity contribution in [2.24, 2.45) is 29.6 Å². The average molecular weight is 381 g/mol. The van der Waals surface area contributed by atoms with E-state index in [2.05, 4.69) is 47.1 Å². The number of allylic oxidation sites excluding steroid dienone is 1. The molecule has 1 fully saturated rings. The molecule has 3 unspecified atom stereocenters. The Labute approximate surface area is 167 Å². The van der Waals surface area contributed by atoms with Gasteiger partial charge in [0.2, 0.25) is 5.91 Å². The van der Waals surface area contributed by atoms with Crippen molar-refractivity contribution in [2.75, 3.05) is 6.54 Å². The highest BCUT2D eigenvalue weighted by atomic mass is 16.1. The van der Waals surface area contributed by atoms with Crippen LogP contribution in [-0.4, -0.2) is 27.4 Å². The van der Waals surface area contributed by atoms with Gasteiger partial charge < -0.3 is 10.3 Å². The first-order valence-corrected chi connectivity index (χ1v) is 10.8. The van der Waals surface area contributed by atoms with Crippen molar-refractivity contribution in [1.29, 1.82) is 0 Å². The van der Waals surface area contributed by atoms with Crippen LogP contribution in [-0.2, 0) is 11.2 Å². The van der Waals surface area contributed by atoms with Gasteiger partial charge in [0, 0.05) is 25.1 Å². The molecule has 2 heterocycles. The highest BCUT2D eigenvalue weighted by Crippen LogP contribution is 2.38. The first-order valence-electron chi connectivity index (χ1n) is 10.8. The lowest BCUT2D eigenvalue weighted by molar-refractivity contribution is -0.127. The normalized spacial score (nSPS) is 25.6. The second-order valence-corrected chi connectivity index (χ2v) is 9.05. The summed E-state index contributed by atoms with van der Waals surface area (Å²) in [5.74, 6) is 3.64. The maximum Gasteiger partial charge on any atom is 0.223 e. The summed E-state index contributed by atoms with van der Waals surface area (Å²) in [5, 5.41) is 3.23. The number of pyridine rings is 1. The van der Waals surface area contributed by atoms with Gasteiger partial charge in [0.15, 0.2) is 5.65 Å². The van der Waals surface area contributed by atoms with Gasteiger partial charge in [-0.1, -0.05) is 31.9 Å². The van der Waals surface area contributed by atoms with E-state index in [-0.39, 0.29) is 11.8 Å². The maximum atomic E-state index is 12.3. The van der Waals surface area contributed by atoms with Crippen LogP contribution in [0.5, 0.6) is 0 Å². The predicted molar refractivity (Wildman–Crippen MR) is 112 cm³/mol. The van der Waals surface area contributed by atoms with Crippen LogP contribution < -0.4 is 5.32 Å². The Kier molecular flexibility index (Phi) is 5.51. The molecule has 0 aromatic carbocycles. The molecule has 0 saturated heterocycles. The summed E-state index contributed by atoms with van der Waals surface area (Å²) < 4.78 is 0. The van der Waals surface area contributed by atoms with Gasteiger partial charge in [-0.15, -0.1) is 0 Å². The zero-order valence-corrected chi connectivity index (χ0v) is 17.2. The lowest BCUT2D eigenvalue weighted by Crippen LogP contribution is -2.40. The van der Waals surface area contributed by atoms with Gasteiger partial charge in [0.1, 0.15) is 5.82 Å². The summed E-state index contributed by atoms with van der Waals surface area (Å²) in [6.07, 6.45) is 9.60. The first kappa shape index (κ1) is 19.2. The van der Waals surface area contributed by atoms with E-state index in [9.17, 15) is 4.79 Å². The van der Waals surface area contributed by atoms with Crippen molar-refractivity contribution in [3.05, 3.63) is 35.8 Å². The topological polar surface area (TPSA) is 70.7 Å². The molecule has 1 amide bonds. The van der Waals surface area contributed by atoms with E-state index in [4.69, 9.17) is 0 Å². The standard InChI is InChI=1S/C23H32N4O/c1-14(2)19-11-17(12-21-26-20-8-5-9-24-22(20)27-21)15(3)10-18(19)13-25-23(28)16-6-4-7-16/h5,8-10,14,16-19H,4,6-7,11-13H2,1-3H3,(H,25,28)(H,24,26,27). The zero-order chi connectivity index (χ0) is 19.7. The summed E-state index contributed by atoms with van der Waals surface area (Å²) in [7, 11) is 0. The third-order valence-corrected chi connectivity index (χ3v) is 6.82. The molecule has 4 rings (SSSR count). The first-order chi connectivity index (χ1) is 13.5. The predicted octanol–water partition coefficient (Wildman–Crippen LogP) is 4.27. The van der Waals surface area contributed by atoms with Crippen LogP contribution >= 0.6 is 0 Å². The van der Waals surface area contributed by atoms with Gasteiger partial charge >= 0.3 is 0 Å². The summed E-state index contributed by atoms with van der Waals surface area (Å²) >= 11 is 0. The number of imidazole rings is 1. The summed E-state index contributed by atoms with van der Waals surface area (Å²) in [6, 6.07) is 3.97. The van der Waals surface area contributed by atoms with Crippen LogP contribution in [0.4, 0.5) is 0 Å². The lowest BCUT2D eigenvalue weighted by atomic mass is 9.69. The van der Waals surface area contributed by atoms with Gasteiger partial charge in [0.25, 0.3) is 0 Å². The minimum absolute atomic E-state index is 0.261. The summed E-state index contributed by atoms with van der Waals surface area (Å²) in [5.41, 5.74) is 3.23. The fraction of sp³-hybridized carbons (Fsp3) is 0.609. The van der Waals surface area contributed by atoms with Crippen LogP contribution in [0.1, 0.15) is 52.3 Å². The number of hydrogen-bond donors (Lipinski definition) is 2. The molecule has 0 radical (unpaired) electrons. The van der Waals surface area contributed by atoms with Gasteiger partial charge in [-0.3, -0.25) is 4.79 Å². The number of fused-ring (bicyclic) bond motifs is 1. The Morgan fingerprint density at radius 3 is 2.86 bits per heavy atom. The highest BCUT2D eigenvalue weighted by Gasteiger charge is 2.33. The highest BCUT2D eigenvalue weighted by molar-refractivity contribution is 5.79. The van der Waals surface area contributed by atoms with Gasteiger partial charge in [-0.05, 0) is 62.0 Å². The number of aromatic amines is 1. The number of carbonyl (C=O) groups is 1. The summed E-state index contributed by atoms with van der Waals surface area (Å²) in [6.45, 7) is 7.63. The van der Waals surface area contributed by atoms with Crippen molar-refractivity contribution in [3.63, 3.8) is 0 Å². The SMILES string of the molecule is CC1=CC(CNC(=O)C2CCC2)C(C(C)C)CC1Cc1nc2ncccc2[nH]1. The number of nitrogens with one attached hydrogen (secondary N) is 2. The molecule has 0 bridgehead atoms. The lowest BCUT2D eigenvalue weighted by Gasteiger charge is -2.37. The molecule has 2 aromatic rings. The molecule has 5 heteroatoms. The van der Waals surface area contributed by atoms with E-state index in [1.54, 1.807) is 6.20 Å². The van der Waals surface area contributed by atoms with E-state index in [0.717, 1.165) is 49.2 Å². The molecule has 5 nitrogen and oxygen atoms in total. The molecule has 28 heavy (non-hydrogen) atoms. The Morgan fingerprint density at radius 2 is 2.18 bits per heavy atom. The van der Waals surface area contributed by atoms with Crippen LogP contribution in [0.2, 0.25) is 0 Å². The van der Waals surface area contributed by atoms with Crippen molar-refractivity contribution >= 4 is 17.1 Å². The van der Waals surface area contributed by atoms with Crippen LogP contribution in [0.25, 0.3) is 11.2 Å². The largest absolute Gasteiger partial charge is 0.355 e. The smallest absolute Gasteiger partial charge is 0.223 e. The molecule has 150 valence electrons. The van der Waals surface area contributed by atoms with Crippen LogP contribution in [0.3, 0.4) is 0 Å².